The van der Waals surface area contributed by atoms with Crippen LogP contribution in [0.25, 0.3) is 0 Å². The molecule has 0 aromatic carbocycles. The average Bonchev–Trinajstić information content (AvgIpc) is 3.09. The third kappa shape index (κ3) is 2.61. The lowest BCUT2D eigenvalue weighted by molar-refractivity contribution is 0.357. The fourth-order valence-electron chi connectivity index (χ4n) is 2.30. The molecular formula is C13H17N3O2. The summed E-state index contributed by atoms with van der Waals surface area (Å²) in [7, 11) is 0. The molecule has 0 atom stereocenters. The lowest BCUT2D eigenvalue weighted by atomic mass is 9.98. The van der Waals surface area contributed by atoms with Crippen LogP contribution in [0.1, 0.15) is 36.2 Å². The minimum atomic E-state index is 0.451. The molecule has 0 spiro atoms. The van der Waals surface area contributed by atoms with Gasteiger partial charge in [-0.05, 0) is 38.1 Å². The molecule has 0 bridgehead atoms. The highest BCUT2D eigenvalue weighted by Crippen LogP contribution is 2.22. The molecule has 1 aliphatic heterocycles. The van der Waals surface area contributed by atoms with Gasteiger partial charge in [-0.3, -0.25) is 0 Å². The van der Waals surface area contributed by atoms with Gasteiger partial charge >= 0.3 is 0 Å². The number of aromatic nitrogens is 2. The van der Waals surface area contributed by atoms with Gasteiger partial charge in [0.05, 0.1) is 6.26 Å². The fraction of sp³-hybridized carbons (Fsp3) is 0.538. The average molecular weight is 247 g/mol. The summed E-state index contributed by atoms with van der Waals surface area (Å²) in [6, 6.07) is 3.85. The molecule has 0 saturated carbocycles. The van der Waals surface area contributed by atoms with Crippen LogP contribution < -0.4 is 5.32 Å². The lowest BCUT2D eigenvalue weighted by Gasteiger charge is -2.18. The van der Waals surface area contributed by atoms with Gasteiger partial charge in [0.2, 0.25) is 5.89 Å². The van der Waals surface area contributed by atoms with Crippen molar-refractivity contribution in [2.75, 3.05) is 13.1 Å². The van der Waals surface area contributed by atoms with E-state index in [9.17, 15) is 0 Å². The quantitative estimate of drug-likeness (QED) is 0.894. The molecule has 3 heterocycles. The number of aryl methyl sites for hydroxylation is 2. The maximum atomic E-state index is 5.29. The van der Waals surface area contributed by atoms with Gasteiger partial charge in [0, 0.05) is 18.8 Å². The summed E-state index contributed by atoms with van der Waals surface area (Å²) in [4.78, 5) is 4.49. The van der Waals surface area contributed by atoms with E-state index < -0.39 is 0 Å². The highest BCUT2D eigenvalue weighted by atomic mass is 16.5. The van der Waals surface area contributed by atoms with Crippen molar-refractivity contribution in [3.8, 4) is 0 Å². The van der Waals surface area contributed by atoms with Gasteiger partial charge in [-0.15, -0.1) is 0 Å². The number of rotatable bonds is 4. The van der Waals surface area contributed by atoms with Crippen LogP contribution in [0.15, 0.2) is 27.3 Å². The van der Waals surface area contributed by atoms with Crippen LogP contribution >= 0.6 is 0 Å². The molecule has 5 heteroatoms. The molecule has 0 radical (unpaired) electrons. The maximum Gasteiger partial charge on any atom is 0.227 e. The van der Waals surface area contributed by atoms with Gasteiger partial charge in [0.25, 0.3) is 0 Å². The van der Waals surface area contributed by atoms with Gasteiger partial charge < -0.3 is 14.3 Å². The van der Waals surface area contributed by atoms with Crippen molar-refractivity contribution in [3.63, 3.8) is 0 Å². The highest BCUT2D eigenvalue weighted by Gasteiger charge is 2.20. The summed E-state index contributed by atoms with van der Waals surface area (Å²) in [5, 5.41) is 7.43. The zero-order valence-corrected chi connectivity index (χ0v) is 10.3. The van der Waals surface area contributed by atoms with Crippen LogP contribution in [0.2, 0.25) is 0 Å². The third-order valence-corrected chi connectivity index (χ3v) is 3.35. The Bertz CT molecular complexity index is 472. The van der Waals surface area contributed by atoms with Crippen LogP contribution in [0, 0.1) is 0 Å². The van der Waals surface area contributed by atoms with Crippen LogP contribution in [0.3, 0.4) is 0 Å². The predicted molar refractivity (Wildman–Crippen MR) is 65.3 cm³/mol. The summed E-state index contributed by atoms with van der Waals surface area (Å²) >= 11 is 0. The van der Waals surface area contributed by atoms with Gasteiger partial charge in [0.15, 0.2) is 5.82 Å². The van der Waals surface area contributed by atoms with Crippen LogP contribution in [0.4, 0.5) is 0 Å². The van der Waals surface area contributed by atoms with E-state index >= 15 is 0 Å². The Morgan fingerprint density at radius 3 is 2.94 bits per heavy atom. The van der Waals surface area contributed by atoms with Gasteiger partial charge in [-0.25, -0.2) is 0 Å². The van der Waals surface area contributed by atoms with Crippen molar-refractivity contribution in [2.24, 2.45) is 0 Å². The third-order valence-electron chi connectivity index (χ3n) is 3.35. The van der Waals surface area contributed by atoms with Gasteiger partial charge in [-0.1, -0.05) is 5.16 Å². The maximum absolute atomic E-state index is 5.29. The number of nitrogens with zero attached hydrogens (tertiary/aromatic N) is 2. The molecule has 1 aliphatic rings. The summed E-state index contributed by atoms with van der Waals surface area (Å²) < 4.78 is 10.6. The first-order valence-corrected chi connectivity index (χ1v) is 6.47. The highest BCUT2D eigenvalue weighted by molar-refractivity contribution is 5.02. The van der Waals surface area contributed by atoms with Crippen LogP contribution in [-0.4, -0.2) is 23.2 Å². The lowest BCUT2D eigenvalue weighted by Crippen LogP contribution is -2.27. The van der Waals surface area contributed by atoms with E-state index in [0.717, 1.165) is 50.4 Å². The molecule has 3 rings (SSSR count). The number of piperidine rings is 1. The minimum Gasteiger partial charge on any atom is -0.469 e. The largest absolute Gasteiger partial charge is 0.469 e. The molecule has 5 nitrogen and oxygen atoms in total. The summed E-state index contributed by atoms with van der Waals surface area (Å²) in [5.41, 5.74) is 0. The second-order valence-electron chi connectivity index (χ2n) is 4.65. The van der Waals surface area contributed by atoms with Crippen molar-refractivity contribution >= 4 is 0 Å². The first kappa shape index (κ1) is 11.5. The van der Waals surface area contributed by atoms with E-state index in [-0.39, 0.29) is 0 Å². The van der Waals surface area contributed by atoms with E-state index in [4.69, 9.17) is 8.94 Å². The first-order valence-electron chi connectivity index (χ1n) is 6.47. The molecule has 96 valence electrons. The van der Waals surface area contributed by atoms with E-state index in [1.54, 1.807) is 6.26 Å². The van der Waals surface area contributed by atoms with Gasteiger partial charge in [0.1, 0.15) is 5.76 Å². The Labute approximate surface area is 106 Å². The van der Waals surface area contributed by atoms with E-state index in [0.29, 0.717) is 11.8 Å². The Morgan fingerprint density at radius 2 is 2.17 bits per heavy atom. The van der Waals surface area contributed by atoms with Gasteiger partial charge in [-0.2, -0.15) is 4.98 Å². The van der Waals surface area contributed by atoms with Crippen LogP contribution in [0.5, 0.6) is 0 Å². The molecule has 1 saturated heterocycles. The molecule has 2 aromatic heterocycles. The van der Waals surface area contributed by atoms with Crippen molar-refractivity contribution in [2.45, 2.75) is 31.6 Å². The monoisotopic (exact) mass is 247 g/mol. The molecule has 0 unspecified atom stereocenters. The van der Waals surface area contributed by atoms with Crippen molar-refractivity contribution in [1.29, 1.82) is 0 Å². The Kier molecular flexibility index (Phi) is 3.41. The smallest absolute Gasteiger partial charge is 0.227 e. The SMILES string of the molecule is c1coc(CCc2nc(C3CCNCC3)no2)c1. The molecule has 0 aliphatic carbocycles. The number of hydrogen-bond acceptors (Lipinski definition) is 5. The molecule has 2 aromatic rings. The molecular weight excluding hydrogens is 230 g/mol. The van der Waals surface area contributed by atoms with Crippen molar-refractivity contribution in [1.82, 2.24) is 15.5 Å². The second kappa shape index (κ2) is 5.35. The van der Waals surface area contributed by atoms with E-state index in [2.05, 4.69) is 15.5 Å². The topological polar surface area (TPSA) is 64.1 Å². The number of furan rings is 1. The molecule has 18 heavy (non-hydrogen) atoms. The standard InChI is InChI=1S/C13H17N3O2/c1-2-11(17-9-1)3-4-12-15-13(16-18-12)10-5-7-14-8-6-10/h1-2,9-10,14H,3-8H2. The Balaban J connectivity index is 1.59. The summed E-state index contributed by atoms with van der Waals surface area (Å²) in [5.74, 6) is 2.98. The summed E-state index contributed by atoms with van der Waals surface area (Å²) in [6.07, 6.45) is 5.42. The number of nitrogens with one attached hydrogen (secondary N) is 1. The zero-order valence-electron chi connectivity index (χ0n) is 10.3. The van der Waals surface area contributed by atoms with E-state index in [1.165, 1.54) is 0 Å². The first-order chi connectivity index (χ1) is 8.92. The Hall–Kier alpha value is -1.62. The van der Waals surface area contributed by atoms with Crippen LogP contribution in [-0.2, 0) is 12.8 Å². The normalized spacial score (nSPS) is 17.1. The van der Waals surface area contributed by atoms with Crippen molar-refractivity contribution < 1.29 is 8.94 Å². The van der Waals surface area contributed by atoms with Crippen molar-refractivity contribution in [3.05, 3.63) is 35.9 Å². The predicted octanol–water partition coefficient (Wildman–Crippen LogP) is 1.91. The molecule has 1 fully saturated rings. The zero-order chi connectivity index (χ0) is 12.2. The minimum absolute atomic E-state index is 0.451. The molecule has 1 N–H and O–H groups in total. The second-order valence-corrected chi connectivity index (χ2v) is 4.65. The molecule has 0 amide bonds. The summed E-state index contributed by atoms with van der Waals surface area (Å²) in [6.45, 7) is 2.09. The van der Waals surface area contributed by atoms with E-state index in [1.807, 2.05) is 12.1 Å². The number of hydrogen-bond donors (Lipinski definition) is 1. The fourth-order valence-corrected chi connectivity index (χ4v) is 2.30. The Morgan fingerprint density at radius 1 is 1.28 bits per heavy atom.